The summed E-state index contributed by atoms with van der Waals surface area (Å²) in [5.74, 6) is -2.21. The number of carbonyl (C=O) groups is 1. The Morgan fingerprint density at radius 2 is 1.84 bits per heavy atom. The van der Waals surface area contributed by atoms with Gasteiger partial charge in [-0.25, -0.2) is 17.6 Å². The van der Waals surface area contributed by atoms with Crippen molar-refractivity contribution in [1.29, 1.82) is 0 Å². The monoisotopic (exact) mass is 289 g/mol. The van der Waals surface area contributed by atoms with Crippen molar-refractivity contribution >= 4 is 16.0 Å². The zero-order valence-electron chi connectivity index (χ0n) is 11.0. The van der Waals surface area contributed by atoms with Crippen LogP contribution >= 0.6 is 0 Å². The second-order valence-electron chi connectivity index (χ2n) is 3.98. The highest BCUT2D eigenvalue weighted by Crippen LogP contribution is 2.23. The van der Waals surface area contributed by atoms with E-state index < -0.39 is 21.8 Å². The van der Waals surface area contributed by atoms with Crippen LogP contribution in [0.15, 0.2) is 17.0 Å². The Morgan fingerprint density at radius 1 is 1.32 bits per heavy atom. The van der Waals surface area contributed by atoms with Crippen molar-refractivity contribution in [3.05, 3.63) is 29.1 Å². The average Bonchev–Trinajstić information content (AvgIpc) is 2.33. The number of nitrogens with zero attached hydrogens (tertiary/aromatic N) is 1. The van der Waals surface area contributed by atoms with E-state index in [1.54, 1.807) is 13.8 Å². The highest BCUT2D eigenvalue weighted by atomic mass is 32.2. The number of benzene rings is 1. The molecule has 7 heteroatoms. The molecule has 0 saturated carbocycles. The van der Waals surface area contributed by atoms with Gasteiger partial charge in [0.1, 0.15) is 5.82 Å². The summed E-state index contributed by atoms with van der Waals surface area (Å²) in [5.41, 5.74) is -0.453. The number of sulfonamides is 1. The van der Waals surface area contributed by atoms with Gasteiger partial charge in [0.15, 0.2) is 0 Å². The maximum Gasteiger partial charge on any atom is 0.335 e. The summed E-state index contributed by atoms with van der Waals surface area (Å²) < 4.78 is 39.4. The van der Waals surface area contributed by atoms with E-state index >= 15 is 0 Å². The van der Waals surface area contributed by atoms with E-state index in [2.05, 4.69) is 0 Å². The molecule has 1 aromatic carbocycles. The molecule has 0 unspecified atom stereocenters. The van der Waals surface area contributed by atoms with Gasteiger partial charge in [-0.15, -0.1) is 0 Å². The Labute approximate surface area is 111 Å². The minimum absolute atomic E-state index is 0.0723. The summed E-state index contributed by atoms with van der Waals surface area (Å²) in [6.07, 6.45) is 0. The molecule has 0 aliphatic rings. The molecule has 0 spiro atoms. The molecule has 19 heavy (non-hydrogen) atoms. The fourth-order valence-electron chi connectivity index (χ4n) is 1.75. The third-order valence-electron chi connectivity index (χ3n) is 2.87. The first-order valence-corrected chi connectivity index (χ1v) is 7.23. The molecule has 0 aromatic heterocycles. The lowest BCUT2D eigenvalue weighted by Crippen LogP contribution is -2.31. The van der Waals surface area contributed by atoms with Gasteiger partial charge in [-0.05, 0) is 19.1 Å². The van der Waals surface area contributed by atoms with Gasteiger partial charge < -0.3 is 5.11 Å². The fourth-order valence-corrected chi connectivity index (χ4v) is 3.47. The van der Waals surface area contributed by atoms with Crippen molar-refractivity contribution in [2.75, 3.05) is 13.1 Å². The van der Waals surface area contributed by atoms with Crippen molar-refractivity contribution in [1.82, 2.24) is 4.31 Å². The number of rotatable bonds is 5. The predicted molar refractivity (Wildman–Crippen MR) is 68.2 cm³/mol. The van der Waals surface area contributed by atoms with Gasteiger partial charge in [0.25, 0.3) is 0 Å². The molecule has 0 aliphatic carbocycles. The molecule has 1 aromatic rings. The predicted octanol–water partition coefficient (Wildman–Crippen LogP) is 1.86. The number of hydrogen-bond acceptors (Lipinski definition) is 3. The first-order valence-electron chi connectivity index (χ1n) is 5.79. The van der Waals surface area contributed by atoms with Crippen LogP contribution in [0.5, 0.6) is 0 Å². The number of carboxylic acids is 1. The van der Waals surface area contributed by atoms with Crippen molar-refractivity contribution in [2.24, 2.45) is 0 Å². The van der Waals surface area contributed by atoms with Crippen LogP contribution in [0.3, 0.4) is 0 Å². The standard InChI is InChI=1S/C12H16FNO4S/c1-4-14(5-2)19(17,18)11-7-9(12(15)16)6-10(13)8(11)3/h6-7H,4-5H2,1-3H3,(H,15,16). The van der Waals surface area contributed by atoms with Crippen molar-refractivity contribution < 1.29 is 22.7 Å². The molecule has 0 amide bonds. The van der Waals surface area contributed by atoms with Crippen molar-refractivity contribution in [2.45, 2.75) is 25.7 Å². The lowest BCUT2D eigenvalue weighted by Gasteiger charge is -2.20. The highest BCUT2D eigenvalue weighted by molar-refractivity contribution is 7.89. The third kappa shape index (κ3) is 2.93. The lowest BCUT2D eigenvalue weighted by atomic mass is 10.1. The third-order valence-corrected chi connectivity index (χ3v) is 5.04. The summed E-state index contributed by atoms with van der Waals surface area (Å²) in [4.78, 5) is 10.6. The van der Waals surface area contributed by atoms with E-state index in [4.69, 9.17) is 5.11 Å². The summed E-state index contributed by atoms with van der Waals surface area (Å²) in [6.45, 7) is 5.10. The van der Waals surface area contributed by atoms with E-state index in [0.717, 1.165) is 16.4 Å². The van der Waals surface area contributed by atoms with Crippen LogP contribution in [0.2, 0.25) is 0 Å². The molecular formula is C12H16FNO4S. The minimum Gasteiger partial charge on any atom is -0.478 e. The molecule has 0 fully saturated rings. The first-order chi connectivity index (χ1) is 8.75. The van der Waals surface area contributed by atoms with E-state index in [1.807, 2.05) is 0 Å². The van der Waals surface area contributed by atoms with Crippen LogP contribution < -0.4 is 0 Å². The molecule has 106 valence electrons. The fraction of sp³-hybridized carbons (Fsp3) is 0.417. The van der Waals surface area contributed by atoms with E-state index in [0.29, 0.717) is 0 Å². The zero-order valence-corrected chi connectivity index (χ0v) is 11.8. The second kappa shape index (κ2) is 5.66. The molecule has 0 heterocycles. The molecule has 1 rings (SSSR count). The largest absolute Gasteiger partial charge is 0.478 e. The minimum atomic E-state index is -3.88. The van der Waals surface area contributed by atoms with Crippen LogP contribution in [0.4, 0.5) is 4.39 Å². The van der Waals surface area contributed by atoms with E-state index in [-0.39, 0.29) is 29.1 Å². The van der Waals surface area contributed by atoms with Gasteiger partial charge in [0.2, 0.25) is 10.0 Å². The van der Waals surface area contributed by atoms with Crippen LogP contribution in [0.25, 0.3) is 0 Å². The van der Waals surface area contributed by atoms with E-state index in [1.165, 1.54) is 6.92 Å². The van der Waals surface area contributed by atoms with Gasteiger partial charge in [0.05, 0.1) is 10.5 Å². The molecule has 0 saturated heterocycles. The van der Waals surface area contributed by atoms with Crippen LogP contribution in [0, 0.1) is 12.7 Å². The smallest absolute Gasteiger partial charge is 0.335 e. The van der Waals surface area contributed by atoms with Gasteiger partial charge in [-0.3, -0.25) is 0 Å². The highest BCUT2D eigenvalue weighted by Gasteiger charge is 2.26. The second-order valence-corrected chi connectivity index (χ2v) is 5.88. The zero-order chi connectivity index (χ0) is 14.8. The molecule has 1 N–H and O–H groups in total. The summed E-state index contributed by atoms with van der Waals surface area (Å²) in [6, 6.07) is 1.81. The lowest BCUT2D eigenvalue weighted by molar-refractivity contribution is 0.0696. The van der Waals surface area contributed by atoms with E-state index in [9.17, 15) is 17.6 Å². The quantitative estimate of drug-likeness (QED) is 0.898. The first kappa shape index (κ1) is 15.6. The van der Waals surface area contributed by atoms with Crippen molar-refractivity contribution in [3.63, 3.8) is 0 Å². The molecule has 0 atom stereocenters. The number of aromatic carboxylic acids is 1. The topological polar surface area (TPSA) is 74.7 Å². The molecule has 5 nitrogen and oxygen atoms in total. The number of hydrogen-bond donors (Lipinski definition) is 1. The number of carboxylic acid groups (broad SMARTS) is 1. The Bertz CT molecular complexity index is 594. The Balaban J connectivity index is 3.54. The molecular weight excluding hydrogens is 273 g/mol. The van der Waals surface area contributed by atoms with Crippen LogP contribution in [0.1, 0.15) is 29.8 Å². The SMILES string of the molecule is CCN(CC)S(=O)(=O)c1cc(C(=O)O)cc(F)c1C. The van der Waals surface area contributed by atoms with Crippen LogP contribution in [-0.2, 0) is 10.0 Å². The van der Waals surface area contributed by atoms with Gasteiger partial charge in [0, 0.05) is 18.7 Å². The van der Waals surface area contributed by atoms with Gasteiger partial charge in [-0.2, -0.15) is 4.31 Å². The molecule has 0 radical (unpaired) electrons. The van der Waals surface area contributed by atoms with Gasteiger partial charge >= 0.3 is 5.97 Å². The Kier molecular flexibility index (Phi) is 4.65. The number of halogens is 1. The molecule has 0 aliphatic heterocycles. The van der Waals surface area contributed by atoms with Gasteiger partial charge in [-0.1, -0.05) is 13.8 Å². The summed E-state index contributed by atoms with van der Waals surface area (Å²) in [5, 5.41) is 8.87. The average molecular weight is 289 g/mol. The van der Waals surface area contributed by atoms with Crippen LogP contribution in [-0.4, -0.2) is 36.9 Å². The maximum absolute atomic E-state index is 13.7. The Hall–Kier alpha value is -1.47. The Morgan fingerprint density at radius 3 is 2.26 bits per heavy atom. The molecule has 0 bridgehead atoms. The van der Waals surface area contributed by atoms with Crippen molar-refractivity contribution in [3.8, 4) is 0 Å². The normalized spacial score (nSPS) is 11.8. The summed E-state index contributed by atoms with van der Waals surface area (Å²) >= 11 is 0. The maximum atomic E-state index is 13.7. The summed E-state index contributed by atoms with van der Waals surface area (Å²) in [7, 11) is -3.88.